The molecule has 0 radical (unpaired) electrons. The normalized spacial score (nSPS) is 22.1. The number of rotatable bonds is 5. The molecule has 2 rings (SSSR count). The number of amides is 1. The molecule has 1 aliphatic rings. The molecule has 1 aromatic rings. The summed E-state index contributed by atoms with van der Waals surface area (Å²) in [6.45, 7) is 0.363. The Bertz CT molecular complexity index is 502. The van der Waals surface area contributed by atoms with Crippen molar-refractivity contribution in [3.63, 3.8) is 0 Å². The standard InChI is InChI=1S/C16H21NO4/c18-12-16(21)9-4-10-17(11-16)15(20)8-7-14(19)13-5-2-1-3-6-13/h1-3,5-6,18,21H,4,7-12H2/t16-/m0/s1. The zero-order valence-electron chi connectivity index (χ0n) is 12.0. The highest BCUT2D eigenvalue weighted by Crippen LogP contribution is 2.21. The number of nitrogens with zero attached hydrogens (tertiary/aromatic N) is 1. The van der Waals surface area contributed by atoms with E-state index in [0.29, 0.717) is 24.9 Å². The fourth-order valence-electron chi connectivity index (χ4n) is 2.60. The molecule has 0 spiro atoms. The maximum absolute atomic E-state index is 12.1. The fourth-order valence-corrected chi connectivity index (χ4v) is 2.60. The molecule has 0 bridgehead atoms. The van der Waals surface area contributed by atoms with Crippen molar-refractivity contribution in [3.05, 3.63) is 35.9 Å². The van der Waals surface area contributed by atoms with Crippen molar-refractivity contribution in [1.82, 2.24) is 4.90 Å². The van der Waals surface area contributed by atoms with Gasteiger partial charge in [-0.25, -0.2) is 0 Å². The number of carbonyl (C=O) groups excluding carboxylic acids is 2. The summed E-state index contributed by atoms with van der Waals surface area (Å²) >= 11 is 0. The molecule has 1 atom stereocenters. The van der Waals surface area contributed by atoms with Crippen LogP contribution in [0.4, 0.5) is 0 Å². The summed E-state index contributed by atoms with van der Waals surface area (Å²) in [5.74, 6) is -0.204. The van der Waals surface area contributed by atoms with Crippen LogP contribution < -0.4 is 0 Å². The Hall–Kier alpha value is -1.72. The Morgan fingerprint density at radius 3 is 2.57 bits per heavy atom. The second-order valence-corrected chi connectivity index (χ2v) is 5.59. The molecular weight excluding hydrogens is 270 g/mol. The highest BCUT2D eigenvalue weighted by atomic mass is 16.3. The first-order valence-corrected chi connectivity index (χ1v) is 7.23. The third kappa shape index (κ3) is 4.12. The van der Waals surface area contributed by atoms with Gasteiger partial charge in [-0.3, -0.25) is 9.59 Å². The van der Waals surface area contributed by atoms with E-state index in [2.05, 4.69) is 0 Å². The number of β-amino-alcohol motifs (C(OH)–C–C–N with tert-alkyl or cyclic N) is 1. The topological polar surface area (TPSA) is 77.8 Å². The molecule has 1 saturated heterocycles. The molecule has 0 saturated carbocycles. The lowest BCUT2D eigenvalue weighted by atomic mass is 9.93. The largest absolute Gasteiger partial charge is 0.393 e. The zero-order chi connectivity index (χ0) is 15.3. The van der Waals surface area contributed by atoms with Crippen LogP contribution in [0.25, 0.3) is 0 Å². The van der Waals surface area contributed by atoms with Crippen molar-refractivity contribution in [3.8, 4) is 0 Å². The molecule has 2 N–H and O–H groups in total. The summed E-state index contributed by atoms with van der Waals surface area (Å²) in [5.41, 5.74) is -0.590. The fraction of sp³-hybridized carbons (Fsp3) is 0.500. The molecule has 0 aliphatic carbocycles. The Kier molecular flexibility index (Phi) is 5.09. The summed E-state index contributed by atoms with van der Waals surface area (Å²) in [4.78, 5) is 25.6. The van der Waals surface area contributed by atoms with E-state index in [1.807, 2.05) is 6.07 Å². The van der Waals surface area contributed by atoms with Crippen LogP contribution in [0.2, 0.25) is 0 Å². The van der Waals surface area contributed by atoms with E-state index in [4.69, 9.17) is 0 Å². The Morgan fingerprint density at radius 1 is 1.19 bits per heavy atom. The second kappa shape index (κ2) is 6.83. The van der Waals surface area contributed by atoms with Crippen molar-refractivity contribution < 1.29 is 19.8 Å². The quantitative estimate of drug-likeness (QED) is 0.793. The van der Waals surface area contributed by atoms with Crippen LogP contribution in [0.3, 0.4) is 0 Å². The van der Waals surface area contributed by atoms with Crippen LogP contribution in [0, 0.1) is 0 Å². The SMILES string of the molecule is O=C(CCC(=O)N1CCC[C@@](O)(CO)C1)c1ccccc1. The summed E-state index contributed by atoms with van der Waals surface area (Å²) in [5, 5.41) is 19.2. The molecule has 1 aromatic carbocycles. The Morgan fingerprint density at radius 2 is 1.90 bits per heavy atom. The summed E-state index contributed by atoms with van der Waals surface area (Å²) < 4.78 is 0. The second-order valence-electron chi connectivity index (χ2n) is 5.59. The predicted octanol–water partition coefficient (Wildman–Crippen LogP) is 0.995. The lowest BCUT2D eigenvalue weighted by Gasteiger charge is -2.38. The molecule has 1 heterocycles. The first-order valence-electron chi connectivity index (χ1n) is 7.23. The van der Waals surface area contributed by atoms with Crippen molar-refractivity contribution in [2.45, 2.75) is 31.3 Å². The van der Waals surface area contributed by atoms with Gasteiger partial charge in [0, 0.05) is 24.9 Å². The van der Waals surface area contributed by atoms with Gasteiger partial charge in [0.15, 0.2) is 5.78 Å². The van der Waals surface area contributed by atoms with Crippen molar-refractivity contribution in [2.75, 3.05) is 19.7 Å². The van der Waals surface area contributed by atoms with Gasteiger partial charge < -0.3 is 15.1 Å². The van der Waals surface area contributed by atoms with Crippen LogP contribution in [-0.2, 0) is 4.79 Å². The van der Waals surface area contributed by atoms with E-state index in [9.17, 15) is 19.8 Å². The summed E-state index contributed by atoms with van der Waals surface area (Å²) in [6.07, 6.45) is 1.46. The number of hydrogen-bond donors (Lipinski definition) is 2. The maximum Gasteiger partial charge on any atom is 0.223 e. The first kappa shape index (κ1) is 15.7. The van der Waals surface area contributed by atoms with Crippen LogP contribution >= 0.6 is 0 Å². The van der Waals surface area contributed by atoms with Crippen molar-refractivity contribution in [1.29, 1.82) is 0 Å². The van der Waals surface area contributed by atoms with E-state index in [1.165, 1.54) is 4.90 Å². The number of ketones is 1. The number of benzene rings is 1. The third-order valence-corrected chi connectivity index (χ3v) is 3.86. The monoisotopic (exact) mass is 291 g/mol. The maximum atomic E-state index is 12.1. The number of Topliss-reactive ketones (excluding diaryl/α,β-unsaturated/α-hetero) is 1. The van der Waals surface area contributed by atoms with Crippen LogP contribution in [0.5, 0.6) is 0 Å². The summed E-state index contributed by atoms with van der Waals surface area (Å²) in [7, 11) is 0. The molecular formula is C16H21NO4. The van der Waals surface area contributed by atoms with Crippen LogP contribution in [0.1, 0.15) is 36.0 Å². The van der Waals surface area contributed by atoms with Gasteiger partial charge in [0.2, 0.25) is 5.91 Å². The average Bonchev–Trinajstić information content (AvgIpc) is 2.53. The number of piperidine rings is 1. The molecule has 5 nitrogen and oxygen atoms in total. The molecule has 21 heavy (non-hydrogen) atoms. The smallest absolute Gasteiger partial charge is 0.223 e. The average molecular weight is 291 g/mol. The first-order chi connectivity index (χ1) is 10.0. The molecule has 1 amide bonds. The van der Waals surface area contributed by atoms with Gasteiger partial charge in [-0.2, -0.15) is 0 Å². The van der Waals surface area contributed by atoms with E-state index in [1.54, 1.807) is 24.3 Å². The number of aliphatic hydroxyl groups is 2. The highest BCUT2D eigenvalue weighted by molar-refractivity contribution is 5.97. The Labute approximate surface area is 124 Å². The lowest BCUT2D eigenvalue weighted by molar-refractivity contribution is -0.140. The van der Waals surface area contributed by atoms with E-state index >= 15 is 0 Å². The van der Waals surface area contributed by atoms with Gasteiger partial charge in [-0.15, -0.1) is 0 Å². The lowest BCUT2D eigenvalue weighted by Crippen LogP contribution is -2.52. The minimum Gasteiger partial charge on any atom is -0.393 e. The number of hydrogen-bond acceptors (Lipinski definition) is 4. The molecule has 1 fully saturated rings. The van der Waals surface area contributed by atoms with Crippen molar-refractivity contribution >= 4 is 11.7 Å². The molecule has 0 unspecified atom stereocenters. The van der Waals surface area contributed by atoms with Gasteiger partial charge in [-0.05, 0) is 12.8 Å². The predicted molar refractivity (Wildman–Crippen MR) is 77.9 cm³/mol. The number of likely N-dealkylation sites (tertiary alicyclic amines) is 1. The van der Waals surface area contributed by atoms with Gasteiger partial charge in [0.25, 0.3) is 0 Å². The van der Waals surface area contributed by atoms with E-state index in [-0.39, 0.29) is 37.7 Å². The molecule has 0 aromatic heterocycles. The van der Waals surface area contributed by atoms with Gasteiger partial charge in [0.1, 0.15) is 5.60 Å². The minimum atomic E-state index is -1.20. The van der Waals surface area contributed by atoms with Gasteiger partial charge in [0.05, 0.1) is 13.2 Å². The van der Waals surface area contributed by atoms with Crippen LogP contribution in [0.15, 0.2) is 30.3 Å². The van der Waals surface area contributed by atoms with Gasteiger partial charge >= 0.3 is 0 Å². The molecule has 114 valence electrons. The highest BCUT2D eigenvalue weighted by Gasteiger charge is 2.34. The molecule has 5 heteroatoms. The van der Waals surface area contributed by atoms with Gasteiger partial charge in [-0.1, -0.05) is 30.3 Å². The number of aliphatic hydroxyl groups excluding tert-OH is 1. The molecule has 1 aliphatic heterocycles. The zero-order valence-corrected chi connectivity index (χ0v) is 12.0. The number of carbonyl (C=O) groups is 2. The Balaban J connectivity index is 1.86. The van der Waals surface area contributed by atoms with Crippen LogP contribution in [-0.4, -0.2) is 52.1 Å². The third-order valence-electron chi connectivity index (χ3n) is 3.86. The summed E-state index contributed by atoms with van der Waals surface area (Å²) in [6, 6.07) is 8.89. The van der Waals surface area contributed by atoms with E-state index < -0.39 is 5.60 Å². The van der Waals surface area contributed by atoms with Crippen molar-refractivity contribution in [2.24, 2.45) is 0 Å². The van der Waals surface area contributed by atoms with E-state index in [0.717, 1.165) is 0 Å². The minimum absolute atomic E-state index is 0.0571.